The van der Waals surface area contributed by atoms with Crippen LogP contribution in [-0.4, -0.2) is 31.7 Å². The topological polar surface area (TPSA) is 103 Å². The Kier molecular flexibility index (Phi) is 2.90. The molecule has 0 unspecified atom stereocenters. The molecule has 106 valence electrons. The van der Waals surface area contributed by atoms with E-state index in [4.69, 9.17) is 4.74 Å². The summed E-state index contributed by atoms with van der Waals surface area (Å²) in [6, 6.07) is 7.52. The van der Waals surface area contributed by atoms with E-state index in [1.807, 2.05) is 0 Å². The van der Waals surface area contributed by atoms with Crippen molar-refractivity contribution in [2.45, 2.75) is 0 Å². The Morgan fingerprint density at radius 1 is 1.38 bits per heavy atom. The average molecular weight is 286 g/mol. The summed E-state index contributed by atoms with van der Waals surface area (Å²) in [4.78, 5) is 14.7. The van der Waals surface area contributed by atoms with E-state index in [1.165, 1.54) is 29.8 Å². The zero-order valence-corrected chi connectivity index (χ0v) is 10.9. The predicted molar refractivity (Wildman–Crippen MR) is 73.3 cm³/mol. The van der Waals surface area contributed by atoms with Gasteiger partial charge in [0.25, 0.3) is 0 Å². The fourth-order valence-electron chi connectivity index (χ4n) is 1.97. The number of phenolic OH excluding ortho intramolecular Hbond substituents is 1. The molecule has 0 spiro atoms. The second kappa shape index (κ2) is 4.75. The van der Waals surface area contributed by atoms with Crippen LogP contribution in [0, 0.1) is 10.1 Å². The van der Waals surface area contributed by atoms with Crippen molar-refractivity contribution >= 4 is 11.3 Å². The molecule has 3 aromatic rings. The molecule has 1 N–H and O–H groups in total. The lowest BCUT2D eigenvalue weighted by molar-refractivity contribution is -0.383. The summed E-state index contributed by atoms with van der Waals surface area (Å²) in [5.74, 6) is 0.583. The second-order valence-corrected chi connectivity index (χ2v) is 4.24. The van der Waals surface area contributed by atoms with Gasteiger partial charge in [0, 0.05) is 17.8 Å². The SMILES string of the molecule is COc1cc(-c2nc3c([N+](=O)[O-])cccn3n2)ccc1O. The number of methoxy groups -OCH3 is 1. The maximum atomic E-state index is 11.0. The predicted octanol–water partition coefficient (Wildman–Crippen LogP) is 2.02. The lowest BCUT2D eigenvalue weighted by atomic mass is 10.2. The number of aromatic nitrogens is 3. The highest BCUT2D eigenvalue weighted by molar-refractivity contribution is 5.66. The summed E-state index contributed by atoms with van der Waals surface area (Å²) in [6.07, 6.45) is 1.58. The molecule has 8 nitrogen and oxygen atoms in total. The second-order valence-electron chi connectivity index (χ2n) is 4.24. The lowest BCUT2D eigenvalue weighted by Gasteiger charge is -2.03. The molecule has 0 bridgehead atoms. The number of hydrogen-bond donors (Lipinski definition) is 1. The first-order chi connectivity index (χ1) is 10.1. The Hall–Kier alpha value is -3.16. The number of aromatic hydroxyl groups is 1. The summed E-state index contributed by atoms with van der Waals surface area (Å²) >= 11 is 0. The highest BCUT2D eigenvalue weighted by Gasteiger charge is 2.17. The quantitative estimate of drug-likeness (QED) is 0.583. The summed E-state index contributed by atoms with van der Waals surface area (Å²) in [5.41, 5.74) is 0.620. The Morgan fingerprint density at radius 2 is 2.19 bits per heavy atom. The van der Waals surface area contributed by atoms with E-state index in [-0.39, 0.29) is 22.8 Å². The molecule has 0 atom stereocenters. The van der Waals surface area contributed by atoms with E-state index in [0.29, 0.717) is 11.4 Å². The van der Waals surface area contributed by atoms with Gasteiger partial charge in [0.15, 0.2) is 17.3 Å². The highest BCUT2D eigenvalue weighted by Crippen LogP contribution is 2.30. The van der Waals surface area contributed by atoms with Crippen LogP contribution in [0.3, 0.4) is 0 Å². The van der Waals surface area contributed by atoms with Crippen molar-refractivity contribution < 1.29 is 14.8 Å². The molecule has 0 saturated carbocycles. The van der Waals surface area contributed by atoms with Crippen molar-refractivity contribution in [1.29, 1.82) is 0 Å². The number of hydrogen-bond acceptors (Lipinski definition) is 6. The van der Waals surface area contributed by atoms with Gasteiger partial charge in [-0.05, 0) is 24.3 Å². The molecule has 8 heteroatoms. The monoisotopic (exact) mass is 286 g/mol. The molecule has 1 aromatic carbocycles. The van der Waals surface area contributed by atoms with Gasteiger partial charge in [0.2, 0.25) is 5.65 Å². The lowest BCUT2D eigenvalue weighted by Crippen LogP contribution is -1.93. The first kappa shape index (κ1) is 12.9. The van der Waals surface area contributed by atoms with Gasteiger partial charge in [-0.25, -0.2) is 9.50 Å². The van der Waals surface area contributed by atoms with E-state index in [0.717, 1.165) is 0 Å². The summed E-state index contributed by atoms with van der Waals surface area (Å²) in [7, 11) is 1.43. The van der Waals surface area contributed by atoms with E-state index in [9.17, 15) is 15.2 Å². The Morgan fingerprint density at radius 3 is 2.90 bits per heavy atom. The average Bonchev–Trinajstić information content (AvgIpc) is 2.91. The molecule has 3 rings (SSSR count). The third-order valence-corrected chi connectivity index (χ3v) is 2.98. The standard InChI is InChI=1S/C13H10N4O4/c1-21-11-7-8(4-5-10(11)18)12-14-13-9(17(19)20)3-2-6-16(13)15-12/h2-7,18H,1H3. The number of nitrogens with zero attached hydrogens (tertiary/aromatic N) is 4. The van der Waals surface area contributed by atoms with Crippen LogP contribution in [0.15, 0.2) is 36.5 Å². The van der Waals surface area contributed by atoms with Crippen LogP contribution in [0.25, 0.3) is 17.0 Å². The van der Waals surface area contributed by atoms with Gasteiger partial charge in [-0.3, -0.25) is 10.1 Å². The smallest absolute Gasteiger partial charge is 0.313 e. The normalized spacial score (nSPS) is 10.7. The minimum Gasteiger partial charge on any atom is -0.504 e. The minimum atomic E-state index is -0.509. The summed E-state index contributed by atoms with van der Waals surface area (Å²) in [6.45, 7) is 0. The molecule has 0 aliphatic rings. The van der Waals surface area contributed by atoms with Crippen molar-refractivity contribution in [2.75, 3.05) is 7.11 Å². The van der Waals surface area contributed by atoms with Crippen molar-refractivity contribution in [3.05, 3.63) is 46.6 Å². The maximum Gasteiger partial charge on any atom is 0.313 e. The summed E-state index contributed by atoms with van der Waals surface area (Å²) < 4.78 is 6.36. The Labute approximate surface area is 118 Å². The Bertz CT molecular complexity index is 843. The van der Waals surface area contributed by atoms with Gasteiger partial charge >= 0.3 is 5.69 Å². The van der Waals surface area contributed by atoms with E-state index in [2.05, 4.69) is 10.1 Å². The van der Waals surface area contributed by atoms with Gasteiger partial charge in [0.1, 0.15) is 0 Å². The highest BCUT2D eigenvalue weighted by atomic mass is 16.6. The molecule has 0 aliphatic carbocycles. The van der Waals surface area contributed by atoms with Crippen molar-refractivity contribution in [3.63, 3.8) is 0 Å². The first-order valence-electron chi connectivity index (χ1n) is 5.97. The van der Waals surface area contributed by atoms with Crippen molar-refractivity contribution in [1.82, 2.24) is 14.6 Å². The molecule has 2 aromatic heterocycles. The van der Waals surface area contributed by atoms with Crippen LogP contribution in [0.1, 0.15) is 0 Å². The van der Waals surface area contributed by atoms with Crippen LogP contribution in [0.4, 0.5) is 5.69 Å². The zero-order chi connectivity index (χ0) is 15.0. The minimum absolute atomic E-state index is 0.00371. The van der Waals surface area contributed by atoms with E-state index in [1.54, 1.807) is 18.3 Å². The molecule has 0 aliphatic heterocycles. The van der Waals surface area contributed by atoms with E-state index >= 15 is 0 Å². The van der Waals surface area contributed by atoms with Crippen molar-refractivity contribution in [2.24, 2.45) is 0 Å². The van der Waals surface area contributed by atoms with Crippen LogP contribution in [0.2, 0.25) is 0 Å². The van der Waals surface area contributed by atoms with Crippen LogP contribution < -0.4 is 4.74 Å². The third-order valence-electron chi connectivity index (χ3n) is 2.98. The molecule has 0 saturated heterocycles. The number of fused-ring (bicyclic) bond motifs is 1. The molecule has 2 heterocycles. The number of ether oxygens (including phenoxy) is 1. The van der Waals surface area contributed by atoms with Gasteiger partial charge in [-0.15, -0.1) is 5.10 Å². The van der Waals surface area contributed by atoms with Gasteiger partial charge in [-0.2, -0.15) is 0 Å². The molecule has 0 fully saturated rings. The van der Waals surface area contributed by atoms with Crippen LogP contribution >= 0.6 is 0 Å². The molecular weight excluding hydrogens is 276 g/mol. The third kappa shape index (κ3) is 2.12. The van der Waals surface area contributed by atoms with Gasteiger partial charge in [-0.1, -0.05) is 0 Å². The largest absolute Gasteiger partial charge is 0.504 e. The van der Waals surface area contributed by atoms with Gasteiger partial charge < -0.3 is 9.84 Å². The molecule has 0 radical (unpaired) electrons. The molecular formula is C13H10N4O4. The Balaban J connectivity index is 2.17. The summed E-state index contributed by atoms with van der Waals surface area (Å²) in [5, 5.41) is 24.8. The first-order valence-corrected chi connectivity index (χ1v) is 5.97. The zero-order valence-electron chi connectivity index (χ0n) is 10.9. The number of rotatable bonds is 3. The molecule has 21 heavy (non-hydrogen) atoms. The van der Waals surface area contributed by atoms with Gasteiger partial charge in [0.05, 0.1) is 12.0 Å². The number of phenols is 1. The van der Waals surface area contributed by atoms with Crippen molar-refractivity contribution in [3.8, 4) is 22.9 Å². The van der Waals surface area contributed by atoms with Crippen LogP contribution in [-0.2, 0) is 0 Å². The maximum absolute atomic E-state index is 11.0. The van der Waals surface area contributed by atoms with Crippen LogP contribution in [0.5, 0.6) is 11.5 Å². The van der Waals surface area contributed by atoms with E-state index < -0.39 is 4.92 Å². The number of benzene rings is 1. The molecule has 0 amide bonds. The fourth-order valence-corrected chi connectivity index (χ4v) is 1.97. The number of nitro groups is 1. The fraction of sp³-hybridized carbons (Fsp3) is 0.0769. The number of pyridine rings is 1.